The Bertz CT molecular complexity index is 869. The molecule has 2 aromatic rings. The Hall–Kier alpha value is -2.25. The highest BCUT2D eigenvalue weighted by Crippen LogP contribution is 2.10. The number of halogens is 1. The third-order valence-corrected chi connectivity index (χ3v) is 5.36. The Morgan fingerprint density at radius 2 is 1.69 bits per heavy atom. The van der Waals surface area contributed by atoms with Crippen molar-refractivity contribution in [3.05, 3.63) is 71.0 Å². The fourth-order valence-corrected chi connectivity index (χ4v) is 3.30. The van der Waals surface area contributed by atoms with Crippen molar-refractivity contribution in [1.82, 2.24) is 9.62 Å². The maximum Gasteiger partial charge on any atom is 0.235 e. The molecule has 0 aliphatic heterocycles. The first-order valence-corrected chi connectivity index (χ1v) is 10.1. The molecule has 26 heavy (non-hydrogen) atoms. The van der Waals surface area contributed by atoms with Gasteiger partial charge in [-0.15, -0.1) is 0 Å². The number of carbonyl (C=O) groups is 1. The Balaban J connectivity index is 1.96. The third kappa shape index (κ3) is 5.93. The molecule has 2 rings (SSSR count). The van der Waals surface area contributed by atoms with Crippen LogP contribution in [0.25, 0.3) is 0 Å². The first-order valence-electron chi connectivity index (χ1n) is 8.27. The second-order valence-corrected chi connectivity index (χ2v) is 8.12. The molecule has 0 fully saturated rings. The molecule has 0 heterocycles. The first kappa shape index (κ1) is 20.1. The van der Waals surface area contributed by atoms with Crippen LogP contribution in [0.2, 0.25) is 0 Å². The summed E-state index contributed by atoms with van der Waals surface area (Å²) in [4.78, 5) is 12.2. The van der Waals surface area contributed by atoms with E-state index in [1.54, 1.807) is 18.2 Å². The van der Waals surface area contributed by atoms with Gasteiger partial charge in [0, 0.05) is 13.1 Å². The van der Waals surface area contributed by atoms with Gasteiger partial charge in [0.25, 0.3) is 0 Å². The van der Waals surface area contributed by atoms with Crippen LogP contribution in [0.5, 0.6) is 0 Å². The lowest BCUT2D eigenvalue weighted by atomic mass is 10.1. The van der Waals surface area contributed by atoms with Gasteiger partial charge in [0.1, 0.15) is 5.82 Å². The molecule has 0 saturated heterocycles. The van der Waals surface area contributed by atoms with E-state index in [-0.39, 0.29) is 25.3 Å². The van der Waals surface area contributed by atoms with E-state index in [1.165, 1.54) is 6.07 Å². The number of rotatable bonds is 8. The average Bonchev–Trinajstić information content (AvgIpc) is 2.58. The number of hydrogen-bond acceptors (Lipinski definition) is 3. The molecular weight excluding hydrogens is 355 g/mol. The van der Waals surface area contributed by atoms with Crippen LogP contribution in [0.4, 0.5) is 4.39 Å². The Morgan fingerprint density at radius 3 is 2.31 bits per heavy atom. The van der Waals surface area contributed by atoms with Crippen molar-refractivity contribution < 1.29 is 17.6 Å². The van der Waals surface area contributed by atoms with Gasteiger partial charge < -0.3 is 5.32 Å². The van der Waals surface area contributed by atoms with Gasteiger partial charge >= 0.3 is 0 Å². The largest absolute Gasteiger partial charge is 0.351 e. The number of sulfonamides is 1. The molecule has 140 valence electrons. The van der Waals surface area contributed by atoms with Crippen molar-refractivity contribution in [1.29, 1.82) is 0 Å². The number of carbonyl (C=O) groups excluding carboxylic acids is 1. The summed E-state index contributed by atoms with van der Waals surface area (Å²) in [7, 11) is -3.58. The number of nitrogens with zero attached hydrogens (tertiary/aromatic N) is 1. The lowest BCUT2D eigenvalue weighted by molar-refractivity contribution is -0.121. The van der Waals surface area contributed by atoms with Gasteiger partial charge in [-0.2, -0.15) is 4.31 Å². The summed E-state index contributed by atoms with van der Waals surface area (Å²) in [5, 5.41) is 2.73. The summed E-state index contributed by atoms with van der Waals surface area (Å²) >= 11 is 0. The average molecular weight is 378 g/mol. The zero-order valence-corrected chi connectivity index (χ0v) is 15.7. The fraction of sp³-hybridized carbons (Fsp3) is 0.316. The predicted molar refractivity (Wildman–Crippen MR) is 99.5 cm³/mol. The van der Waals surface area contributed by atoms with E-state index in [9.17, 15) is 17.6 Å². The molecule has 0 bridgehead atoms. The number of aryl methyl sites for hydroxylation is 1. The van der Waals surface area contributed by atoms with Crippen LogP contribution in [-0.4, -0.2) is 38.0 Å². The standard InChI is InChI=1S/C19H23FN2O3S/c1-15-7-3-4-9-17(15)13-21-19(23)14-22(26(2,24)25)12-11-16-8-5-6-10-18(16)20/h3-10H,11-14H2,1-2H3,(H,21,23). The van der Waals surface area contributed by atoms with E-state index in [4.69, 9.17) is 0 Å². The highest BCUT2D eigenvalue weighted by molar-refractivity contribution is 7.88. The molecule has 0 aromatic heterocycles. The molecule has 0 radical (unpaired) electrons. The topological polar surface area (TPSA) is 66.5 Å². The van der Waals surface area contributed by atoms with Crippen LogP contribution < -0.4 is 5.32 Å². The molecule has 0 atom stereocenters. The second-order valence-electron chi connectivity index (χ2n) is 6.14. The van der Waals surface area contributed by atoms with Gasteiger partial charge in [0.05, 0.1) is 12.8 Å². The molecule has 1 amide bonds. The predicted octanol–water partition coefficient (Wildman–Crippen LogP) is 2.25. The summed E-state index contributed by atoms with van der Waals surface area (Å²) in [5.74, 6) is -0.780. The molecule has 0 saturated carbocycles. The van der Waals surface area contributed by atoms with Crippen LogP contribution in [0.1, 0.15) is 16.7 Å². The zero-order chi connectivity index (χ0) is 19.2. The van der Waals surface area contributed by atoms with Crippen molar-refractivity contribution in [3.8, 4) is 0 Å². The molecule has 0 unspecified atom stereocenters. The third-order valence-electron chi connectivity index (χ3n) is 4.11. The van der Waals surface area contributed by atoms with Crippen molar-refractivity contribution in [3.63, 3.8) is 0 Å². The maximum absolute atomic E-state index is 13.7. The van der Waals surface area contributed by atoms with Crippen LogP contribution >= 0.6 is 0 Å². The van der Waals surface area contributed by atoms with Gasteiger partial charge in [0.15, 0.2) is 0 Å². The summed E-state index contributed by atoms with van der Waals surface area (Å²) < 4.78 is 38.7. The van der Waals surface area contributed by atoms with Crippen molar-refractivity contribution in [2.24, 2.45) is 0 Å². The van der Waals surface area contributed by atoms with Gasteiger partial charge in [-0.3, -0.25) is 4.79 Å². The van der Waals surface area contributed by atoms with Gasteiger partial charge in [-0.1, -0.05) is 42.5 Å². The summed E-state index contributed by atoms with van der Waals surface area (Å²) in [6.45, 7) is 2.02. The van der Waals surface area contributed by atoms with E-state index in [2.05, 4.69) is 5.32 Å². The zero-order valence-electron chi connectivity index (χ0n) is 14.9. The number of nitrogens with one attached hydrogen (secondary N) is 1. The van der Waals surface area contributed by atoms with Crippen molar-refractivity contribution in [2.45, 2.75) is 19.9 Å². The van der Waals surface area contributed by atoms with E-state index >= 15 is 0 Å². The highest BCUT2D eigenvalue weighted by atomic mass is 32.2. The second kappa shape index (κ2) is 8.91. The van der Waals surface area contributed by atoms with Crippen LogP contribution in [-0.2, 0) is 27.8 Å². The van der Waals surface area contributed by atoms with E-state index < -0.39 is 15.9 Å². The maximum atomic E-state index is 13.7. The van der Waals surface area contributed by atoms with E-state index in [0.717, 1.165) is 21.7 Å². The Morgan fingerprint density at radius 1 is 1.08 bits per heavy atom. The van der Waals surface area contributed by atoms with Gasteiger partial charge in [-0.25, -0.2) is 12.8 Å². The molecular formula is C19H23FN2O3S. The number of benzene rings is 2. The molecule has 0 aliphatic rings. The summed E-state index contributed by atoms with van der Waals surface area (Å²) in [5.41, 5.74) is 2.44. The van der Waals surface area contributed by atoms with Crippen LogP contribution in [0.3, 0.4) is 0 Å². The summed E-state index contributed by atoms with van der Waals surface area (Å²) in [6, 6.07) is 13.8. The minimum absolute atomic E-state index is 0.0392. The normalized spacial score (nSPS) is 11.5. The van der Waals surface area contributed by atoms with E-state index in [0.29, 0.717) is 12.1 Å². The van der Waals surface area contributed by atoms with Gasteiger partial charge in [-0.05, 0) is 36.1 Å². The smallest absolute Gasteiger partial charge is 0.235 e. The van der Waals surface area contributed by atoms with Crippen molar-refractivity contribution >= 4 is 15.9 Å². The molecule has 5 nitrogen and oxygen atoms in total. The molecule has 0 aliphatic carbocycles. The van der Waals surface area contributed by atoms with Gasteiger partial charge in [0.2, 0.25) is 15.9 Å². The van der Waals surface area contributed by atoms with E-state index in [1.807, 2.05) is 31.2 Å². The quantitative estimate of drug-likeness (QED) is 0.766. The van der Waals surface area contributed by atoms with Crippen LogP contribution in [0.15, 0.2) is 48.5 Å². The summed E-state index contributed by atoms with van der Waals surface area (Å²) in [6.07, 6.45) is 1.24. The van der Waals surface area contributed by atoms with Crippen LogP contribution in [0, 0.1) is 12.7 Å². The monoisotopic (exact) mass is 378 g/mol. The number of hydrogen-bond donors (Lipinski definition) is 1. The van der Waals surface area contributed by atoms with Crippen molar-refractivity contribution in [2.75, 3.05) is 19.3 Å². The fourth-order valence-electron chi connectivity index (χ4n) is 2.53. The Labute approximate surface area is 153 Å². The lowest BCUT2D eigenvalue weighted by Gasteiger charge is -2.20. The Kier molecular flexibility index (Phi) is 6.88. The molecule has 2 aromatic carbocycles. The molecule has 7 heteroatoms. The lowest BCUT2D eigenvalue weighted by Crippen LogP contribution is -2.41. The first-order chi connectivity index (χ1) is 12.3. The molecule has 1 N–H and O–H groups in total. The number of amides is 1. The minimum Gasteiger partial charge on any atom is -0.351 e. The SMILES string of the molecule is Cc1ccccc1CNC(=O)CN(CCc1ccccc1F)S(C)(=O)=O. The minimum atomic E-state index is -3.58. The molecule has 0 spiro atoms. The highest BCUT2D eigenvalue weighted by Gasteiger charge is 2.20.